The van der Waals surface area contributed by atoms with Crippen molar-refractivity contribution in [1.82, 2.24) is 5.32 Å². The van der Waals surface area contributed by atoms with Crippen LogP contribution in [0.25, 0.3) is 0 Å². The molecule has 21 heavy (non-hydrogen) atoms. The van der Waals surface area contributed by atoms with Gasteiger partial charge >= 0.3 is 0 Å². The maximum absolute atomic E-state index is 11.1. The molecule has 0 aliphatic heterocycles. The molecule has 1 heterocycles. The number of hydrogen-bond acceptors (Lipinski definition) is 4. The van der Waals surface area contributed by atoms with Crippen molar-refractivity contribution in [2.75, 3.05) is 7.05 Å². The van der Waals surface area contributed by atoms with Gasteiger partial charge in [0.25, 0.3) is 5.69 Å². The van der Waals surface area contributed by atoms with Crippen molar-refractivity contribution in [3.8, 4) is 0 Å². The maximum atomic E-state index is 11.1. The van der Waals surface area contributed by atoms with E-state index in [2.05, 4.69) is 5.32 Å². The molecule has 0 fully saturated rings. The first kappa shape index (κ1) is 15.3. The summed E-state index contributed by atoms with van der Waals surface area (Å²) >= 11 is 0. The van der Waals surface area contributed by atoms with E-state index in [-0.39, 0.29) is 16.7 Å². The van der Waals surface area contributed by atoms with Gasteiger partial charge in [-0.1, -0.05) is 18.2 Å². The molecule has 1 N–H and O–H groups in total. The highest BCUT2D eigenvalue weighted by Gasteiger charge is 2.23. The molecule has 0 spiro atoms. The predicted octanol–water partition coefficient (Wildman–Crippen LogP) is 3.62. The second kappa shape index (κ2) is 6.10. The second-order valence-electron chi connectivity index (χ2n) is 5.18. The van der Waals surface area contributed by atoms with Gasteiger partial charge in [-0.15, -0.1) is 0 Å². The van der Waals surface area contributed by atoms with Gasteiger partial charge in [0.05, 0.1) is 4.92 Å². The van der Waals surface area contributed by atoms with Crippen LogP contribution in [0.3, 0.4) is 0 Å². The Balaban J connectivity index is 2.38. The molecule has 2 rings (SSSR count). The number of likely N-dealkylation sites (N-methyl/N-ethyl adjacent to an activating group) is 1. The summed E-state index contributed by atoms with van der Waals surface area (Å²) in [6, 6.07) is 6.86. The number of nitro benzene ring substituents is 1. The number of benzene rings is 1. The molecule has 0 saturated carbocycles. The van der Waals surface area contributed by atoms with E-state index in [0.29, 0.717) is 6.42 Å². The van der Waals surface area contributed by atoms with E-state index in [1.54, 1.807) is 18.2 Å². The Morgan fingerprint density at radius 3 is 2.43 bits per heavy atom. The van der Waals surface area contributed by atoms with Crippen LogP contribution >= 0.6 is 0 Å². The minimum absolute atomic E-state index is 0.0106. The molecule has 1 aromatic heterocycles. The summed E-state index contributed by atoms with van der Waals surface area (Å²) in [5, 5.41) is 14.4. The highest BCUT2D eigenvalue weighted by Crippen LogP contribution is 2.31. The molecule has 0 bridgehead atoms. The van der Waals surface area contributed by atoms with E-state index in [1.165, 1.54) is 0 Å². The Hall–Kier alpha value is -2.14. The van der Waals surface area contributed by atoms with E-state index in [4.69, 9.17) is 4.42 Å². The summed E-state index contributed by atoms with van der Waals surface area (Å²) in [5.41, 5.74) is 3.08. The Kier molecular flexibility index (Phi) is 4.43. The number of nitrogens with zero attached hydrogens (tertiary/aromatic N) is 1. The summed E-state index contributed by atoms with van der Waals surface area (Å²) in [6.07, 6.45) is 0.550. The Morgan fingerprint density at radius 2 is 1.90 bits per heavy atom. The van der Waals surface area contributed by atoms with Crippen molar-refractivity contribution in [3.05, 3.63) is 62.6 Å². The van der Waals surface area contributed by atoms with Crippen molar-refractivity contribution in [1.29, 1.82) is 0 Å². The monoisotopic (exact) mass is 288 g/mol. The molecule has 1 unspecified atom stereocenters. The lowest BCUT2D eigenvalue weighted by molar-refractivity contribution is -0.385. The molecule has 0 saturated heterocycles. The molecule has 1 atom stereocenters. The van der Waals surface area contributed by atoms with Crippen molar-refractivity contribution < 1.29 is 9.34 Å². The van der Waals surface area contributed by atoms with Crippen LogP contribution in [0, 0.1) is 30.9 Å². The highest BCUT2D eigenvalue weighted by atomic mass is 16.6. The number of hydrogen-bond donors (Lipinski definition) is 1. The fourth-order valence-electron chi connectivity index (χ4n) is 2.75. The molecule has 0 aliphatic carbocycles. The quantitative estimate of drug-likeness (QED) is 0.674. The van der Waals surface area contributed by atoms with Crippen molar-refractivity contribution in [2.24, 2.45) is 0 Å². The average molecular weight is 288 g/mol. The molecular weight excluding hydrogens is 268 g/mol. The van der Waals surface area contributed by atoms with Crippen molar-refractivity contribution >= 4 is 5.69 Å². The molecule has 5 heteroatoms. The van der Waals surface area contributed by atoms with E-state index in [1.807, 2.05) is 33.9 Å². The van der Waals surface area contributed by atoms with Crippen molar-refractivity contribution in [2.45, 2.75) is 33.2 Å². The van der Waals surface area contributed by atoms with E-state index in [9.17, 15) is 10.1 Å². The molecule has 2 aromatic rings. The first-order valence-corrected chi connectivity index (χ1v) is 6.91. The number of nitrogens with one attached hydrogen (secondary N) is 1. The fourth-order valence-corrected chi connectivity index (χ4v) is 2.75. The minimum Gasteiger partial charge on any atom is -0.466 e. The standard InChI is InChI=1S/C16H20N2O3/c1-10-11(2)21-12(3)16(10)14(17-4)9-13-7-5-6-8-15(13)18(19)20/h5-8,14,17H,9H2,1-4H3. The largest absolute Gasteiger partial charge is 0.466 e. The zero-order valence-corrected chi connectivity index (χ0v) is 12.8. The maximum Gasteiger partial charge on any atom is 0.272 e. The summed E-state index contributed by atoms with van der Waals surface area (Å²) in [5.74, 6) is 1.76. The average Bonchev–Trinajstić information content (AvgIpc) is 2.70. The molecular formula is C16H20N2O3. The zero-order valence-electron chi connectivity index (χ0n) is 12.8. The first-order chi connectivity index (χ1) is 9.95. The van der Waals surface area contributed by atoms with Gasteiger partial charge in [-0.05, 0) is 39.8 Å². The molecule has 0 amide bonds. The van der Waals surface area contributed by atoms with Gasteiger partial charge in [-0.3, -0.25) is 10.1 Å². The number of para-hydroxylation sites is 1. The highest BCUT2D eigenvalue weighted by molar-refractivity contribution is 5.42. The third kappa shape index (κ3) is 2.97. The fraction of sp³-hybridized carbons (Fsp3) is 0.375. The second-order valence-corrected chi connectivity index (χ2v) is 5.18. The van der Waals surface area contributed by atoms with Crippen LogP contribution in [0.15, 0.2) is 28.7 Å². The summed E-state index contributed by atoms with van der Waals surface area (Å²) in [6.45, 7) is 5.88. The van der Waals surface area contributed by atoms with Gasteiger partial charge in [0.2, 0.25) is 0 Å². The Labute approximate surface area is 124 Å². The molecule has 112 valence electrons. The SMILES string of the molecule is CNC(Cc1ccccc1[N+](=O)[O-])c1c(C)oc(C)c1C. The third-order valence-corrected chi connectivity index (χ3v) is 3.93. The van der Waals surface area contributed by atoms with Crippen LogP contribution < -0.4 is 5.32 Å². The van der Waals surface area contributed by atoms with Crippen molar-refractivity contribution in [3.63, 3.8) is 0 Å². The lowest BCUT2D eigenvalue weighted by Crippen LogP contribution is -2.20. The van der Waals surface area contributed by atoms with Gasteiger partial charge in [0.1, 0.15) is 11.5 Å². The van der Waals surface area contributed by atoms with E-state index >= 15 is 0 Å². The smallest absolute Gasteiger partial charge is 0.272 e. The van der Waals surface area contributed by atoms with E-state index in [0.717, 1.165) is 28.2 Å². The first-order valence-electron chi connectivity index (χ1n) is 6.91. The Bertz CT molecular complexity index is 662. The summed E-state index contributed by atoms with van der Waals surface area (Å²) < 4.78 is 5.67. The van der Waals surface area contributed by atoms with Gasteiger partial charge in [-0.2, -0.15) is 0 Å². The molecule has 0 aliphatic rings. The molecule has 5 nitrogen and oxygen atoms in total. The van der Waals surface area contributed by atoms with Crippen LogP contribution in [0.2, 0.25) is 0 Å². The lowest BCUT2D eigenvalue weighted by Gasteiger charge is -2.17. The topological polar surface area (TPSA) is 68.3 Å². The van der Waals surface area contributed by atoms with Crippen LogP contribution in [0.5, 0.6) is 0 Å². The van der Waals surface area contributed by atoms with Gasteiger partial charge in [0, 0.05) is 23.2 Å². The third-order valence-electron chi connectivity index (χ3n) is 3.93. The van der Waals surface area contributed by atoms with Gasteiger partial charge in [0.15, 0.2) is 0 Å². The van der Waals surface area contributed by atoms with Gasteiger partial charge < -0.3 is 9.73 Å². The normalized spacial score (nSPS) is 12.4. The molecule has 0 radical (unpaired) electrons. The van der Waals surface area contributed by atoms with Crippen LogP contribution in [-0.2, 0) is 6.42 Å². The zero-order chi connectivity index (χ0) is 15.6. The van der Waals surface area contributed by atoms with Crippen LogP contribution in [0.4, 0.5) is 5.69 Å². The number of nitro groups is 1. The number of rotatable bonds is 5. The number of furan rings is 1. The molecule has 1 aromatic carbocycles. The van der Waals surface area contributed by atoms with Crippen LogP contribution in [0.1, 0.15) is 34.3 Å². The minimum atomic E-state index is -0.331. The predicted molar refractivity (Wildman–Crippen MR) is 81.5 cm³/mol. The lowest BCUT2D eigenvalue weighted by atomic mass is 9.95. The van der Waals surface area contributed by atoms with E-state index < -0.39 is 0 Å². The Morgan fingerprint density at radius 1 is 1.24 bits per heavy atom. The van der Waals surface area contributed by atoms with Crippen LogP contribution in [-0.4, -0.2) is 12.0 Å². The van der Waals surface area contributed by atoms with Gasteiger partial charge in [-0.25, -0.2) is 0 Å². The summed E-state index contributed by atoms with van der Waals surface area (Å²) in [7, 11) is 1.86. The summed E-state index contributed by atoms with van der Waals surface area (Å²) in [4.78, 5) is 10.8. The number of aryl methyl sites for hydroxylation is 2.